The van der Waals surface area contributed by atoms with Gasteiger partial charge in [0, 0.05) is 11.8 Å². The monoisotopic (exact) mass is 193 g/mol. The Labute approximate surface area is 78.9 Å². The number of rotatable bonds is 2. The van der Waals surface area contributed by atoms with Crippen LogP contribution in [0.3, 0.4) is 0 Å². The molecule has 2 rings (SSSR count). The molecule has 0 radical (unpaired) electrons. The van der Waals surface area contributed by atoms with Crippen molar-refractivity contribution in [1.82, 2.24) is 20.2 Å². The first-order chi connectivity index (χ1) is 6.34. The fraction of sp³-hybridized carbons (Fsp3) is 0.143. The molecule has 0 aliphatic carbocycles. The summed E-state index contributed by atoms with van der Waals surface area (Å²) in [5.74, 6) is 0.740. The van der Waals surface area contributed by atoms with E-state index in [0.29, 0.717) is 0 Å². The lowest BCUT2D eigenvalue weighted by Gasteiger charge is -1.99. The number of aromatic nitrogens is 4. The van der Waals surface area contributed by atoms with Gasteiger partial charge in [-0.1, -0.05) is 11.3 Å². The number of hydrogen-bond donors (Lipinski definition) is 1. The van der Waals surface area contributed by atoms with E-state index in [1.807, 2.05) is 13.0 Å². The van der Waals surface area contributed by atoms with E-state index in [9.17, 15) is 0 Å². The number of aryl methyl sites for hydroxylation is 1. The fourth-order valence-electron chi connectivity index (χ4n) is 0.860. The minimum Gasteiger partial charge on any atom is -0.315 e. The van der Waals surface area contributed by atoms with Gasteiger partial charge in [-0.3, -0.25) is 0 Å². The summed E-state index contributed by atoms with van der Waals surface area (Å²) in [5.41, 5.74) is 2.58. The van der Waals surface area contributed by atoms with Gasteiger partial charge in [0.1, 0.15) is 17.7 Å². The molecule has 0 aromatic carbocycles. The molecule has 66 valence electrons. The molecule has 0 atom stereocenters. The van der Waals surface area contributed by atoms with Crippen molar-refractivity contribution in [1.29, 1.82) is 0 Å². The van der Waals surface area contributed by atoms with E-state index in [-0.39, 0.29) is 0 Å². The van der Waals surface area contributed by atoms with Gasteiger partial charge in [-0.15, -0.1) is 10.2 Å². The number of hydrogen-bond acceptors (Lipinski definition) is 6. The van der Waals surface area contributed by atoms with Crippen molar-refractivity contribution in [3.63, 3.8) is 0 Å². The van der Waals surface area contributed by atoms with Crippen LogP contribution in [0.5, 0.6) is 0 Å². The fourth-order valence-corrected chi connectivity index (χ4v) is 1.31. The Morgan fingerprint density at radius 1 is 1.38 bits per heavy atom. The lowest BCUT2D eigenvalue weighted by molar-refractivity contribution is 1.07. The Morgan fingerprint density at radius 2 is 2.31 bits per heavy atom. The highest BCUT2D eigenvalue weighted by Crippen LogP contribution is 2.14. The van der Waals surface area contributed by atoms with Gasteiger partial charge in [0.15, 0.2) is 0 Å². The van der Waals surface area contributed by atoms with Crippen LogP contribution in [0.2, 0.25) is 0 Å². The van der Waals surface area contributed by atoms with Crippen molar-refractivity contribution in [2.75, 3.05) is 5.32 Å². The quantitative estimate of drug-likeness (QED) is 0.780. The van der Waals surface area contributed by atoms with Crippen LogP contribution in [0.15, 0.2) is 17.9 Å². The molecular weight excluding hydrogens is 186 g/mol. The van der Waals surface area contributed by atoms with Crippen molar-refractivity contribution >= 4 is 22.3 Å². The molecule has 0 saturated heterocycles. The molecule has 0 bridgehead atoms. The Balaban J connectivity index is 2.19. The molecule has 0 unspecified atom stereocenters. The highest BCUT2D eigenvalue weighted by molar-refractivity contribution is 7.13. The first kappa shape index (κ1) is 8.06. The zero-order valence-electron chi connectivity index (χ0n) is 6.93. The Morgan fingerprint density at radius 3 is 3.00 bits per heavy atom. The van der Waals surface area contributed by atoms with Gasteiger partial charge in [0.05, 0.1) is 0 Å². The molecule has 5 nitrogen and oxygen atoms in total. The molecule has 0 aliphatic rings. The van der Waals surface area contributed by atoms with E-state index in [0.717, 1.165) is 16.6 Å². The molecule has 2 aromatic rings. The lowest BCUT2D eigenvalue weighted by Crippen LogP contribution is -1.94. The van der Waals surface area contributed by atoms with E-state index in [1.165, 1.54) is 17.7 Å². The maximum Gasteiger partial charge on any atom is 0.210 e. The smallest absolute Gasteiger partial charge is 0.210 e. The molecule has 0 amide bonds. The largest absolute Gasteiger partial charge is 0.315 e. The second-order valence-electron chi connectivity index (χ2n) is 2.41. The van der Waals surface area contributed by atoms with Crippen molar-refractivity contribution in [3.8, 4) is 0 Å². The lowest BCUT2D eigenvalue weighted by atomic mass is 10.4. The first-order valence-corrected chi connectivity index (χ1v) is 4.54. The predicted octanol–water partition coefficient (Wildman–Crippen LogP) is 1.38. The molecule has 2 aromatic heterocycles. The normalized spacial score (nSPS) is 9.92. The van der Waals surface area contributed by atoms with Crippen LogP contribution in [0, 0.1) is 6.92 Å². The van der Waals surface area contributed by atoms with Crippen molar-refractivity contribution in [2.24, 2.45) is 0 Å². The zero-order valence-corrected chi connectivity index (χ0v) is 7.75. The highest BCUT2D eigenvalue weighted by Gasteiger charge is 1.98. The van der Waals surface area contributed by atoms with Gasteiger partial charge >= 0.3 is 0 Å². The number of anilines is 2. The van der Waals surface area contributed by atoms with Crippen LogP contribution in [0.25, 0.3) is 0 Å². The average Bonchev–Trinajstić information content (AvgIpc) is 2.57. The van der Waals surface area contributed by atoms with E-state index >= 15 is 0 Å². The van der Waals surface area contributed by atoms with Crippen molar-refractivity contribution in [3.05, 3.63) is 23.6 Å². The maximum absolute atomic E-state index is 4.03. The Kier molecular flexibility index (Phi) is 2.13. The van der Waals surface area contributed by atoms with Crippen LogP contribution >= 0.6 is 11.3 Å². The zero-order chi connectivity index (χ0) is 9.10. The van der Waals surface area contributed by atoms with Gasteiger partial charge in [0.2, 0.25) is 5.13 Å². The maximum atomic E-state index is 4.03. The Bertz CT molecular complexity index is 386. The summed E-state index contributed by atoms with van der Waals surface area (Å²) < 4.78 is 0. The van der Waals surface area contributed by atoms with Crippen LogP contribution < -0.4 is 5.32 Å². The van der Waals surface area contributed by atoms with Gasteiger partial charge < -0.3 is 5.32 Å². The molecular formula is C7H7N5S. The summed E-state index contributed by atoms with van der Waals surface area (Å²) in [4.78, 5) is 8.02. The molecule has 0 aliphatic heterocycles. The molecule has 13 heavy (non-hydrogen) atoms. The Hall–Kier alpha value is -1.56. The predicted molar refractivity (Wildman–Crippen MR) is 50.0 cm³/mol. The standard InChI is InChI=1S/C7H7N5S/c1-5-2-6(9-3-8-5)11-7-12-10-4-13-7/h2-4H,1H3,(H,8,9,11,12). The van der Waals surface area contributed by atoms with Gasteiger partial charge in [-0.05, 0) is 6.92 Å². The van der Waals surface area contributed by atoms with Gasteiger partial charge in [-0.2, -0.15) is 0 Å². The second kappa shape index (κ2) is 3.44. The van der Waals surface area contributed by atoms with Gasteiger partial charge in [0.25, 0.3) is 0 Å². The summed E-state index contributed by atoms with van der Waals surface area (Å²) in [6.45, 7) is 1.91. The van der Waals surface area contributed by atoms with Crippen LogP contribution in [0.1, 0.15) is 5.69 Å². The summed E-state index contributed by atoms with van der Waals surface area (Å²) >= 11 is 1.43. The summed E-state index contributed by atoms with van der Waals surface area (Å²) in [6.07, 6.45) is 1.51. The third kappa shape index (κ3) is 1.97. The van der Waals surface area contributed by atoms with E-state index in [1.54, 1.807) is 5.51 Å². The molecule has 0 saturated carbocycles. The van der Waals surface area contributed by atoms with E-state index < -0.39 is 0 Å². The summed E-state index contributed by atoms with van der Waals surface area (Å²) in [6, 6.07) is 1.85. The topological polar surface area (TPSA) is 63.6 Å². The SMILES string of the molecule is Cc1cc(Nc2nncs2)ncn1. The first-order valence-electron chi connectivity index (χ1n) is 3.66. The van der Waals surface area contributed by atoms with Crippen LogP contribution in [0.4, 0.5) is 10.9 Å². The summed E-state index contributed by atoms with van der Waals surface area (Å²) in [7, 11) is 0. The van der Waals surface area contributed by atoms with Gasteiger partial charge in [-0.25, -0.2) is 9.97 Å². The van der Waals surface area contributed by atoms with Crippen LogP contribution in [-0.4, -0.2) is 20.2 Å². The molecule has 6 heteroatoms. The van der Waals surface area contributed by atoms with Crippen molar-refractivity contribution < 1.29 is 0 Å². The number of nitrogens with zero attached hydrogens (tertiary/aromatic N) is 4. The summed E-state index contributed by atoms with van der Waals surface area (Å²) in [5, 5.41) is 11.3. The van der Waals surface area contributed by atoms with E-state index in [2.05, 4.69) is 25.5 Å². The second-order valence-corrected chi connectivity index (χ2v) is 3.25. The minimum atomic E-state index is 0.734. The highest BCUT2D eigenvalue weighted by atomic mass is 32.1. The third-order valence-electron chi connectivity index (χ3n) is 1.40. The minimum absolute atomic E-state index is 0.734. The third-order valence-corrected chi connectivity index (χ3v) is 2.01. The molecule has 2 heterocycles. The van der Waals surface area contributed by atoms with Crippen molar-refractivity contribution in [2.45, 2.75) is 6.92 Å². The number of nitrogens with one attached hydrogen (secondary N) is 1. The molecule has 0 fully saturated rings. The van der Waals surface area contributed by atoms with E-state index in [4.69, 9.17) is 0 Å². The average molecular weight is 193 g/mol. The molecule has 0 spiro atoms. The molecule has 1 N–H and O–H groups in total. The van der Waals surface area contributed by atoms with Crippen LogP contribution in [-0.2, 0) is 0 Å².